The second-order valence-electron chi connectivity index (χ2n) is 6.98. The number of thiophene rings is 1. The molecule has 11 heteroatoms. The van der Waals surface area contributed by atoms with Crippen LogP contribution in [0, 0.1) is 5.82 Å². The molecule has 0 bridgehead atoms. The van der Waals surface area contributed by atoms with Crippen molar-refractivity contribution in [1.29, 1.82) is 0 Å². The van der Waals surface area contributed by atoms with Gasteiger partial charge in [-0.15, -0.1) is 11.3 Å². The van der Waals surface area contributed by atoms with E-state index >= 15 is 0 Å². The molecule has 0 atom stereocenters. The molecule has 4 aromatic rings. The Bertz CT molecular complexity index is 1460. The fourth-order valence-corrected chi connectivity index (χ4v) is 4.55. The molecule has 8 nitrogen and oxygen atoms in total. The molecule has 0 aliphatic heterocycles. The fraction of sp³-hybridized carbons (Fsp3) is 0.0952. The predicted octanol–water partition coefficient (Wildman–Crippen LogP) is 2.23. The molecule has 4 rings (SSSR count). The number of carbonyl (C=O) groups is 1. The van der Waals surface area contributed by atoms with Crippen LogP contribution >= 0.6 is 11.3 Å². The van der Waals surface area contributed by atoms with Crippen LogP contribution in [-0.4, -0.2) is 23.9 Å². The highest BCUT2D eigenvalue weighted by molar-refractivity contribution is 7.89. The summed E-state index contributed by atoms with van der Waals surface area (Å²) in [5, 5.41) is 9.89. The lowest BCUT2D eigenvalue weighted by molar-refractivity contribution is -0.121. The number of hydrogen-bond donors (Lipinski definition) is 2. The summed E-state index contributed by atoms with van der Waals surface area (Å²) in [5.41, 5.74) is 1.61. The van der Waals surface area contributed by atoms with Gasteiger partial charge in [0.15, 0.2) is 0 Å². The first-order valence-corrected chi connectivity index (χ1v) is 11.8. The van der Waals surface area contributed by atoms with Crippen molar-refractivity contribution in [2.45, 2.75) is 18.0 Å². The average Bonchev–Trinajstić information content (AvgIpc) is 3.19. The van der Waals surface area contributed by atoms with E-state index in [1.807, 2.05) is 0 Å². The summed E-state index contributed by atoms with van der Waals surface area (Å²) in [6, 6.07) is 11.6. The topological polar surface area (TPSA) is 124 Å². The van der Waals surface area contributed by atoms with E-state index in [4.69, 9.17) is 5.14 Å². The molecule has 164 valence electrons. The molecule has 2 heterocycles. The normalized spacial score (nSPS) is 11.6. The van der Waals surface area contributed by atoms with Gasteiger partial charge in [-0.1, -0.05) is 24.3 Å². The lowest BCUT2D eigenvalue weighted by Gasteiger charge is -2.08. The van der Waals surface area contributed by atoms with Crippen molar-refractivity contribution in [2.75, 3.05) is 0 Å². The third-order valence-electron chi connectivity index (χ3n) is 4.77. The quantitative estimate of drug-likeness (QED) is 0.445. The van der Waals surface area contributed by atoms with Crippen LogP contribution in [0.15, 0.2) is 69.9 Å². The van der Waals surface area contributed by atoms with Crippen molar-refractivity contribution in [3.63, 3.8) is 0 Å². The van der Waals surface area contributed by atoms with Crippen LogP contribution in [0.4, 0.5) is 4.39 Å². The van der Waals surface area contributed by atoms with Crippen LogP contribution in [-0.2, 0) is 27.9 Å². The molecule has 0 radical (unpaired) electrons. The molecule has 1 amide bonds. The van der Waals surface area contributed by atoms with Crippen LogP contribution in [0.5, 0.6) is 0 Å². The van der Waals surface area contributed by atoms with Crippen molar-refractivity contribution in [2.24, 2.45) is 5.14 Å². The van der Waals surface area contributed by atoms with Crippen molar-refractivity contribution < 1.29 is 17.6 Å². The molecular weight excluding hydrogens is 455 g/mol. The van der Waals surface area contributed by atoms with E-state index in [1.165, 1.54) is 46.5 Å². The lowest BCUT2D eigenvalue weighted by atomic mass is 10.1. The number of rotatable bonds is 6. The molecule has 0 fully saturated rings. The number of amides is 1. The summed E-state index contributed by atoms with van der Waals surface area (Å²) < 4.78 is 37.1. The van der Waals surface area contributed by atoms with Gasteiger partial charge in [-0.2, -0.15) is 0 Å². The Labute approximate surface area is 186 Å². The third kappa shape index (κ3) is 4.59. The van der Waals surface area contributed by atoms with Crippen LogP contribution in [0.2, 0.25) is 0 Å². The van der Waals surface area contributed by atoms with Gasteiger partial charge >= 0.3 is 0 Å². The number of sulfonamides is 1. The van der Waals surface area contributed by atoms with Crippen LogP contribution in [0.1, 0.15) is 5.56 Å². The maximum absolute atomic E-state index is 13.2. The van der Waals surface area contributed by atoms with E-state index in [0.717, 1.165) is 0 Å². The maximum Gasteiger partial charge on any atom is 0.263 e. The Hall–Kier alpha value is -3.41. The summed E-state index contributed by atoms with van der Waals surface area (Å²) >= 11 is 1.29. The minimum absolute atomic E-state index is 0.0220. The van der Waals surface area contributed by atoms with Gasteiger partial charge in [0, 0.05) is 17.5 Å². The molecular formula is C21H17FN4O4S2. The van der Waals surface area contributed by atoms with E-state index < -0.39 is 15.9 Å². The largest absolute Gasteiger partial charge is 0.350 e. The molecule has 0 unspecified atom stereocenters. The van der Waals surface area contributed by atoms with Gasteiger partial charge in [0.2, 0.25) is 15.9 Å². The zero-order chi connectivity index (χ0) is 22.9. The number of nitrogens with two attached hydrogens (primary N) is 1. The van der Waals surface area contributed by atoms with Gasteiger partial charge in [-0.05, 0) is 35.4 Å². The second-order valence-corrected chi connectivity index (χ2v) is 9.40. The van der Waals surface area contributed by atoms with E-state index in [9.17, 15) is 22.4 Å². The number of fused-ring (bicyclic) bond motifs is 1. The monoisotopic (exact) mass is 472 g/mol. The number of halogens is 1. The molecule has 32 heavy (non-hydrogen) atoms. The summed E-state index contributed by atoms with van der Waals surface area (Å²) in [5.74, 6) is -0.790. The van der Waals surface area contributed by atoms with Crippen molar-refractivity contribution >= 4 is 37.5 Å². The first-order chi connectivity index (χ1) is 15.2. The van der Waals surface area contributed by atoms with Crippen LogP contribution < -0.4 is 16.0 Å². The maximum atomic E-state index is 13.2. The Balaban J connectivity index is 1.51. The Morgan fingerprint density at radius 3 is 2.47 bits per heavy atom. The van der Waals surface area contributed by atoms with Crippen LogP contribution in [0.25, 0.3) is 21.3 Å². The highest BCUT2D eigenvalue weighted by Gasteiger charge is 2.15. The van der Waals surface area contributed by atoms with E-state index in [1.54, 1.807) is 29.6 Å². The standard InChI is InChI=1S/C21H17FN4O4S2/c22-15-5-3-14(4-6-15)17-11-31-20-19(17)21(28)26(12-25-20)10-18(27)24-9-13-1-7-16(8-2-13)32(23,29)30/h1-8,11-12H,9-10H2,(H,24,27)(H2,23,29,30). The first-order valence-electron chi connectivity index (χ1n) is 9.33. The van der Waals surface area contributed by atoms with Gasteiger partial charge in [-0.25, -0.2) is 22.9 Å². The summed E-state index contributed by atoms with van der Waals surface area (Å²) in [6.45, 7) is -0.0941. The molecule has 2 aromatic heterocycles. The predicted molar refractivity (Wildman–Crippen MR) is 119 cm³/mol. The number of benzene rings is 2. The van der Waals surface area contributed by atoms with Gasteiger partial charge in [-0.3, -0.25) is 14.2 Å². The van der Waals surface area contributed by atoms with E-state index in [0.29, 0.717) is 26.9 Å². The van der Waals surface area contributed by atoms with Gasteiger partial charge in [0.25, 0.3) is 5.56 Å². The van der Waals surface area contributed by atoms with Crippen molar-refractivity contribution in [3.8, 4) is 11.1 Å². The summed E-state index contributed by atoms with van der Waals surface area (Å²) in [6.07, 6.45) is 1.32. The number of nitrogens with zero attached hydrogens (tertiary/aromatic N) is 2. The van der Waals surface area contributed by atoms with E-state index in [2.05, 4.69) is 10.3 Å². The number of primary sulfonamides is 1. The Morgan fingerprint density at radius 1 is 1.12 bits per heavy atom. The third-order valence-corrected chi connectivity index (χ3v) is 6.59. The number of carbonyl (C=O) groups excluding carboxylic acids is 1. The molecule has 0 saturated carbocycles. The molecule has 2 aromatic carbocycles. The summed E-state index contributed by atoms with van der Waals surface area (Å²) in [7, 11) is -3.79. The van der Waals surface area contributed by atoms with E-state index in [-0.39, 0.29) is 29.4 Å². The van der Waals surface area contributed by atoms with Gasteiger partial charge < -0.3 is 5.32 Å². The number of aromatic nitrogens is 2. The Kier molecular flexibility index (Phi) is 5.87. The zero-order valence-corrected chi connectivity index (χ0v) is 18.1. The highest BCUT2D eigenvalue weighted by atomic mass is 32.2. The minimum atomic E-state index is -3.79. The minimum Gasteiger partial charge on any atom is -0.350 e. The van der Waals surface area contributed by atoms with Crippen molar-refractivity contribution in [3.05, 3.63) is 82.0 Å². The molecule has 0 aliphatic carbocycles. The second kappa shape index (κ2) is 8.61. The van der Waals surface area contributed by atoms with Crippen LogP contribution in [0.3, 0.4) is 0 Å². The molecule has 0 saturated heterocycles. The number of nitrogens with one attached hydrogen (secondary N) is 1. The molecule has 3 N–H and O–H groups in total. The highest BCUT2D eigenvalue weighted by Crippen LogP contribution is 2.30. The smallest absolute Gasteiger partial charge is 0.263 e. The van der Waals surface area contributed by atoms with Gasteiger partial charge in [0.05, 0.1) is 16.6 Å². The zero-order valence-electron chi connectivity index (χ0n) is 16.5. The number of hydrogen-bond acceptors (Lipinski definition) is 6. The molecule has 0 aliphatic rings. The first kappa shape index (κ1) is 21.8. The van der Waals surface area contributed by atoms with Gasteiger partial charge in [0.1, 0.15) is 17.2 Å². The lowest BCUT2D eigenvalue weighted by Crippen LogP contribution is -2.32. The SMILES string of the molecule is NS(=O)(=O)c1ccc(CNC(=O)Cn2cnc3scc(-c4ccc(F)cc4)c3c2=O)cc1. The van der Waals surface area contributed by atoms with Crippen molar-refractivity contribution in [1.82, 2.24) is 14.9 Å². The Morgan fingerprint density at radius 2 is 1.81 bits per heavy atom. The average molecular weight is 473 g/mol. The molecule has 0 spiro atoms. The summed E-state index contributed by atoms with van der Waals surface area (Å²) in [4.78, 5) is 30.2. The fourth-order valence-electron chi connectivity index (χ4n) is 3.13.